The van der Waals surface area contributed by atoms with Crippen molar-refractivity contribution in [1.29, 1.82) is 0 Å². The summed E-state index contributed by atoms with van der Waals surface area (Å²) < 4.78 is 10.4. The predicted octanol–water partition coefficient (Wildman–Crippen LogP) is 1.15. The first kappa shape index (κ1) is 14.9. The van der Waals surface area contributed by atoms with Crippen LogP contribution in [0.5, 0.6) is 11.5 Å². The Hall–Kier alpha value is -1.17. The number of rotatable bonds is 7. The molecular weight excluding hydrogens is 258 g/mol. The average molecular weight is 276 g/mol. The molecule has 0 saturated carbocycles. The first-order valence-corrected chi connectivity index (χ1v) is 5.94. The number of halogens is 1. The topological polar surface area (TPSA) is 62.2 Å². The number of methoxy groups -OCH3 is 2. The lowest BCUT2D eigenvalue weighted by atomic mass is 10.2. The van der Waals surface area contributed by atoms with Gasteiger partial charge in [-0.1, -0.05) is 11.6 Å². The van der Waals surface area contributed by atoms with E-state index in [-0.39, 0.29) is 13.2 Å². The molecule has 1 aromatic rings. The van der Waals surface area contributed by atoms with Crippen LogP contribution in [-0.2, 0) is 0 Å². The summed E-state index contributed by atoms with van der Waals surface area (Å²) in [6.07, 6.45) is 0. The molecule has 1 rings (SSSR count). The minimum Gasteiger partial charge on any atom is -0.495 e. The molecule has 2 N–H and O–H groups in total. The minimum atomic E-state index is -0.0210. The van der Waals surface area contributed by atoms with Gasteiger partial charge in [0.2, 0.25) is 0 Å². The largest absolute Gasteiger partial charge is 0.495 e. The van der Waals surface area contributed by atoms with Crippen LogP contribution in [0.4, 0.5) is 5.69 Å². The van der Waals surface area contributed by atoms with E-state index in [4.69, 9.17) is 31.3 Å². The van der Waals surface area contributed by atoms with Crippen LogP contribution in [0.2, 0.25) is 5.02 Å². The molecule has 0 heterocycles. The first-order chi connectivity index (χ1) is 8.69. The van der Waals surface area contributed by atoms with Gasteiger partial charge in [0, 0.05) is 13.1 Å². The van der Waals surface area contributed by atoms with Crippen molar-refractivity contribution in [2.75, 3.05) is 45.4 Å². The number of hydrogen-bond acceptors (Lipinski definition) is 5. The van der Waals surface area contributed by atoms with Crippen LogP contribution in [0.15, 0.2) is 12.1 Å². The van der Waals surface area contributed by atoms with E-state index in [1.807, 2.05) is 0 Å². The summed E-state index contributed by atoms with van der Waals surface area (Å²) in [4.78, 5) is 1.80. The standard InChI is InChI=1S/C12H18ClNO4/c1-17-10-4-3-9(12(18-2)11(10)13)14(5-7-15)6-8-16/h3-4,15-16H,5-8H2,1-2H3. The molecule has 1 aromatic carbocycles. The summed E-state index contributed by atoms with van der Waals surface area (Å²) in [5.41, 5.74) is 0.714. The Morgan fingerprint density at radius 1 is 1.11 bits per heavy atom. The van der Waals surface area contributed by atoms with Crippen molar-refractivity contribution in [3.63, 3.8) is 0 Å². The predicted molar refractivity (Wildman–Crippen MR) is 70.9 cm³/mol. The van der Waals surface area contributed by atoms with Crippen molar-refractivity contribution in [3.8, 4) is 11.5 Å². The van der Waals surface area contributed by atoms with Gasteiger partial charge in [0.05, 0.1) is 33.1 Å². The maximum absolute atomic E-state index is 9.04. The molecule has 5 nitrogen and oxygen atoms in total. The monoisotopic (exact) mass is 275 g/mol. The zero-order valence-corrected chi connectivity index (χ0v) is 11.3. The minimum absolute atomic E-state index is 0.0210. The molecule has 0 atom stereocenters. The Labute approximate surface area is 111 Å². The van der Waals surface area contributed by atoms with Gasteiger partial charge in [-0.3, -0.25) is 0 Å². The molecule has 0 amide bonds. The van der Waals surface area contributed by atoms with Gasteiger partial charge < -0.3 is 24.6 Å². The highest BCUT2D eigenvalue weighted by molar-refractivity contribution is 6.34. The fraction of sp³-hybridized carbons (Fsp3) is 0.500. The van der Waals surface area contributed by atoms with Gasteiger partial charge in [-0.05, 0) is 12.1 Å². The van der Waals surface area contributed by atoms with Crippen LogP contribution in [0.1, 0.15) is 0 Å². The zero-order valence-electron chi connectivity index (χ0n) is 10.5. The molecule has 0 aliphatic rings. The third-order valence-electron chi connectivity index (χ3n) is 2.55. The molecule has 0 spiro atoms. The van der Waals surface area contributed by atoms with Gasteiger partial charge >= 0.3 is 0 Å². The van der Waals surface area contributed by atoms with Crippen LogP contribution in [0.25, 0.3) is 0 Å². The van der Waals surface area contributed by atoms with Crippen LogP contribution >= 0.6 is 11.6 Å². The van der Waals surface area contributed by atoms with E-state index in [1.54, 1.807) is 17.0 Å². The highest BCUT2D eigenvalue weighted by atomic mass is 35.5. The van der Waals surface area contributed by atoms with Crippen molar-refractivity contribution in [3.05, 3.63) is 17.2 Å². The third kappa shape index (κ3) is 3.19. The van der Waals surface area contributed by atoms with Crippen molar-refractivity contribution in [2.24, 2.45) is 0 Å². The van der Waals surface area contributed by atoms with Crippen LogP contribution in [0.3, 0.4) is 0 Å². The van der Waals surface area contributed by atoms with Crippen molar-refractivity contribution in [2.45, 2.75) is 0 Å². The molecule has 18 heavy (non-hydrogen) atoms. The van der Waals surface area contributed by atoms with E-state index in [9.17, 15) is 0 Å². The van der Waals surface area contributed by atoms with Crippen molar-refractivity contribution < 1.29 is 19.7 Å². The molecule has 0 aliphatic carbocycles. The van der Waals surface area contributed by atoms with Gasteiger partial charge in [-0.2, -0.15) is 0 Å². The Bertz CT molecular complexity index is 381. The summed E-state index contributed by atoms with van der Waals surface area (Å²) in [6, 6.07) is 3.51. The number of aliphatic hydroxyl groups is 2. The lowest BCUT2D eigenvalue weighted by Gasteiger charge is -2.25. The second kappa shape index (κ2) is 7.31. The normalized spacial score (nSPS) is 10.3. The molecule has 102 valence electrons. The lowest BCUT2D eigenvalue weighted by Crippen LogP contribution is -2.30. The fourth-order valence-electron chi connectivity index (χ4n) is 1.72. The molecule has 0 unspecified atom stereocenters. The number of nitrogens with zero attached hydrogens (tertiary/aromatic N) is 1. The molecule has 0 radical (unpaired) electrons. The Balaban J connectivity index is 3.16. The molecule has 0 fully saturated rings. The van der Waals surface area contributed by atoms with Gasteiger partial charge in [-0.25, -0.2) is 0 Å². The molecule has 0 aromatic heterocycles. The summed E-state index contributed by atoms with van der Waals surface area (Å²) in [7, 11) is 3.04. The smallest absolute Gasteiger partial charge is 0.164 e. The fourth-order valence-corrected chi connectivity index (χ4v) is 2.04. The quantitative estimate of drug-likeness (QED) is 0.782. The molecule has 6 heteroatoms. The Morgan fingerprint density at radius 3 is 2.17 bits per heavy atom. The van der Waals surface area contributed by atoms with Crippen molar-refractivity contribution >= 4 is 17.3 Å². The summed E-state index contributed by atoms with van der Waals surface area (Å²) >= 11 is 6.16. The SMILES string of the molecule is COc1ccc(N(CCO)CCO)c(OC)c1Cl. The van der Waals surface area contributed by atoms with E-state index in [0.29, 0.717) is 35.3 Å². The maximum atomic E-state index is 9.04. The number of hydrogen-bond donors (Lipinski definition) is 2. The van der Waals surface area contributed by atoms with E-state index in [1.165, 1.54) is 14.2 Å². The van der Waals surface area contributed by atoms with Crippen LogP contribution in [-0.4, -0.2) is 50.7 Å². The lowest BCUT2D eigenvalue weighted by molar-refractivity contribution is 0.280. The zero-order chi connectivity index (χ0) is 13.5. The number of aliphatic hydroxyl groups excluding tert-OH is 2. The van der Waals surface area contributed by atoms with E-state index < -0.39 is 0 Å². The van der Waals surface area contributed by atoms with Gasteiger partial charge in [-0.15, -0.1) is 0 Å². The number of benzene rings is 1. The molecule has 0 aliphatic heterocycles. The Kier molecular flexibility index (Phi) is 6.04. The Morgan fingerprint density at radius 2 is 1.72 bits per heavy atom. The van der Waals surface area contributed by atoms with Crippen molar-refractivity contribution in [1.82, 2.24) is 0 Å². The van der Waals surface area contributed by atoms with E-state index in [0.717, 1.165) is 0 Å². The van der Waals surface area contributed by atoms with Crippen LogP contribution < -0.4 is 14.4 Å². The van der Waals surface area contributed by atoms with Gasteiger partial charge in [0.25, 0.3) is 0 Å². The van der Waals surface area contributed by atoms with Gasteiger partial charge in [0.1, 0.15) is 10.8 Å². The summed E-state index contributed by atoms with van der Waals surface area (Å²) in [5.74, 6) is 0.989. The number of ether oxygens (including phenoxy) is 2. The molecule has 0 saturated heterocycles. The average Bonchev–Trinajstić information content (AvgIpc) is 2.38. The van der Waals surface area contributed by atoms with E-state index >= 15 is 0 Å². The second-order valence-electron chi connectivity index (χ2n) is 3.57. The molecular formula is C12H18ClNO4. The molecule has 0 bridgehead atoms. The summed E-state index contributed by atoms with van der Waals surface area (Å²) in [6.45, 7) is 0.735. The second-order valence-corrected chi connectivity index (χ2v) is 3.95. The highest BCUT2D eigenvalue weighted by Gasteiger charge is 2.17. The van der Waals surface area contributed by atoms with Gasteiger partial charge in [0.15, 0.2) is 5.75 Å². The van der Waals surface area contributed by atoms with Crippen LogP contribution in [0, 0.1) is 0 Å². The highest BCUT2D eigenvalue weighted by Crippen LogP contribution is 2.41. The third-order valence-corrected chi connectivity index (χ3v) is 2.90. The number of anilines is 1. The maximum Gasteiger partial charge on any atom is 0.164 e. The first-order valence-electron chi connectivity index (χ1n) is 5.56. The van der Waals surface area contributed by atoms with E-state index in [2.05, 4.69) is 0 Å². The summed E-state index contributed by atoms with van der Waals surface area (Å²) in [5, 5.41) is 18.4.